The summed E-state index contributed by atoms with van der Waals surface area (Å²) in [6.07, 6.45) is 1.44. The molecule has 0 spiro atoms. The van der Waals surface area contributed by atoms with E-state index in [-0.39, 0.29) is 19.5 Å². The normalized spacial score (nSPS) is 19.8. The Kier molecular flexibility index (Phi) is 14.8. The standard InChI is InChI=1S/C32H42N8O8/c1-20(41)35-18-29(45)40-25-15-26(42)33-12-5-2-6-13-34-27(43)16-36-28(44)17-37-31(47)24(39-30(46)19-38-32(25)48)14-22-10-7-9-21-8-3-4-11-23(21)22/h3-4,7-11,24-25H,2,5-6,12-19H2,1H3,(H,33,42)(H,34,43)(H,35,41)(H,36,44)(H,37,47)(H,38,48)(H,39,46)(H,40,45)/t24-,25+/m1/s1. The van der Waals surface area contributed by atoms with Crippen LogP contribution in [0.4, 0.5) is 0 Å². The van der Waals surface area contributed by atoms with Gasteiger partial charge in [0, 0.05) is 26.4 Å². The maximum absolute atomic E-state index is 13.3. The summed E-state index contributed by atoms with van der Waals surface area (Å²) in [5.74, 6) is -5.02. The van der Waals surface area contributed by atoms with E-state index in [9.17, 15) is 38.4 Å². The van der Waals surface area contributed by atoms with Crippen LogP contribution in [-0.4, -0.2) is 98.6 Å². The van der Waals surface area contributed by atoms with Crippen molar-refractivity contribution in [2.75, 3.05) is 39.3 Å². The SMILES string of the molecule is CC(=O)NCC(=O)N[C@H]1CC(=O)NCCCCCNC(=O)CNC(=O)CNC(=O)[C@@H](Cc2cccc3ccccc23)NC(=O)CNC1=O. The zero-order chi connectivity index (χ0) is 34.9. The molecule has 258 valence electrons. The second kappa shape index (κ2) is 19.2. The Morgan fingerprint density at radius 3 is 2.08 bits per heavy atom. The molecular weight excluding hydrogens is 624 g/mol. The van der Waals surface area contributed by atoms with Crippen LogP contribution in [-0.2, 0) is 44.8 Å². The fraction of sp³-hybridized carbons (Fsp3) is 0.438. The van der Waals surface area contributed by atoms with Crippen LogP contribution in [0.5, 0.6) is 0 Å². The third-order valence-electron chi connectivity index (χ3n) is 7.29. The van der Waals surface area contributed by atoms with E-state index in [0.717, 1.165) is 16.3 Å². The van der Waals surface area contributed by atoms with Gasteiger partial charge in [-0.3, -0.25) is 38.4 Å². The van der Waals surface area contributed by atoms with Crippen LogP contribution in [0.15, 0.2) is 42.5 Å². The summed E-state index contributed by atoms with van der Waals surface area (Å²) in [5.41, 5.74) is 0.740. The van der Waals surface area contributed by atoms with Gasteiger partial charge in [0.2, 0.25) is 47.3 Å². The molecule has 1 saturated heterocycles. The van der Waals surface area contributed by atoms with Gasteiger partial charge in [-0.15, -0.1) is 0 Å². The van der Waals surface area contributed by atoms with Crippen molar-refractivity contribution in [2.24, 2.45) is 0 Å². The first-order valence-corrected chi connectivity index (χ1v) is 15.7. The predicted octanol–water partition coefficient (Wildman–Crippen LogP) is -2.36. The summed E-state index contributed by atoms with van der Waals surface area (Å²) >= 11 is 0. The Balaban J connectivity index is 1.78. The van der Waals surface area contributed by atoms with Gasteiger partial charge in [-0.05, 0) is 35.6 Å². The number of nitrogens with one attached hydrogen (secondary N) is 8. The van der Waals surface area contributed by atoms with Gasteiger partial charge in [-0.25, -0.2) is 0 Å². The summed E-state index contributed by atoms with van der Waals surface area (Å²) in [6.45, 7) is 0.0621. The van der Waals surface area contributed by atoms with E-state index in [0.29, 0.717) is 25.8 Å². The first-order chi connectivity index (χ1) is 23.0. The lowest BCUT2D eigenvalue weighted by Gasteiger charge is -2.21. The molecule has 0 aliphatic carbocycles. The Bertz CT molecular complexity index is 1510. The topological polar surface area (TPSA) is 233 Å². The van der Waals surface area contributed by atoms with Crippen LogP contribution in [0.25, 0.3) is 10.8 Å². The highest BCUT2D eigenvalue weighted by Gasteiger charge is 2.26. The van der Waals surface area contributed by atoms with Gasteiger partial charge in [0.15, 0.2) is 0 Å². The van der Waals surface area contributed by atoms with Crippen LogP contribution in [0.1, 0.15) is 38.2 Å². The van der Waals surface area contributed by atoms with E-state index in [1.807, 2.05) is 36.4 Å². The summed E-state index contributed by atoms with van der Waals surface area (Å²) in [6, 6.07) is 10.5. The van der Waals surface area contributed by atoms with E-state index in [2.05, 4.69) is 42.5 Å². The van der Waals surface area contributed by atoms with Crippen molar-refractivity contribution in [1.29, 1.82) is 0 Å². The molecule has 0 bridgehead atoms. The maximum atomic E-state index is 13.3. The minimum absolute atomic E-state index is 0.0406. The Morgan fingerprint density at radius 2 is 1.33 bits per heavy atom. The number of fused-ring (bicyclic) bond motifs is 1. The quantitative estimate of drug-likeness (QED) is 0.172. The summed E-state index contributed by atoms with van der Waals surface area (Å²) in [5, 5.41) is 21.7. The third-order valence-corrected chi connectivity index (χ3v) is 7.29. The molecule has 16 nitrogen and oxygen atoms in total. The van der Waals surface area contributed by atoms with Crippen molar-refractivity contribution in [3.05, 3.63) is 48.0 Å². The van der Waals surface area contributed by atoms with Crippen LogP contribution in [0.2, 0.25) is 0 Å². The highest BCUT2D eigenvalue weighted by molar-refractivity contribution is 5.96. The second-order valence-corrected chi connectivity index (χ2v) is 11.2. The van der Waals surface area contributed by atoms with Gasteiger partial charge < -0.3 is 42.5 Å². The molecule has 8 N–H and O–H groups in total. The van der Waals surface area contributed by atoms with Crippen molar-refractivity contribution in [2.45, 2.75) is 51.1 Å². The average molecular weight is 667 g/mol. The summed E-state index contributed by atoms with van der Waals surface area (Å²) < 4.78 is 0. The van der Waals surface area contributed by atoms with Crippen LogP contribution in [0, 0.1) is 0 Å². The molecule has 1 aliphatic rings. The lowest BCUT2D eigenvalue weighted by molar-refractivity contribution is -0.133. The van der Waals surface area contributed by atoms with Crippen LogP contribution in [0.3, 0.4) is 0 Å². The van der Waals surface area contributed by atoms with E-state index >= 15 is 0 Å². The fourth-order valence-electron chi connectivity index (χ4n) is 4.83. The lowest BCUT2D eigenvalue weighted by atomic mass is 9.98. The Morgan fingerprint density at radius 1 is 0.708 bits per heavy atom. The van der Waals surface area contributed by atoms with Crippen LogP contribution < -0.4 is 42.5 Å². The molecule has 1 fully saturated rings. The highest BCUT2D eigenvalue weighted by Crippen LogP contribution is 2.20. The monoisotopic (exact) mass is 666 g/mol. The average Bonchev–Trinajstić information content (AvgIpc) is 3.06. The van der Waals surface area contributed by atoms with Crippen molar-refractivity contribution in [3.8, 4) is 0 Å². The highest BCUT2D eigenvalue weighted by atomic mass is 16.2. The first kappa shape index (κ1) is 36.9. The molecule has 2 aromatic rings. The van der Waals surface area contributed by atoms with Crippen molar-refractivity contribution in [1.82, 2.24) is 42.5 Å². The largest absolute Gasteiger partial charge is 0.356 e. The number of benzene rings is 2. The lowest BCUT2D eigenvalue weighted by Crippen LogP contribution is -2.54. The molecule has 0 unspecified atom stereocenters. The number of rotatable bonds is 5. The number of carbonyl (C=O) groups is 8. The molecule has 0 radical (unpaired) electrons. The van der Waals surface area contributed by atoms with Gasteiger partial charge >= 0.3 is 0 Å². The summed E-state index contributed by atoms with van der Waals surface area (Å²) in [4.78, 5) is 100. The van der Waals surface area contributed by atoms with Crippen LogP contribution >= 0.6 is 0 Å². The van der Waals surface area contributed by atoms with Gasteiger partial charge in [-0.2, -0.15) is 0 Å². The maximum Gasteiger partial charge on any atom is 0.243 e. The predicted molar refractivity (Wildman–Crippen MR) is 174 cm³/mol. The minimum Gasteiger partial charge on any atom is -0.356 e. The molecule has 16 heteroatoms. The molecule has 48 heavy (non-hydrogen) atoms. The van der Waals surface area contributed by atoms with E-state index in [4.69, 9.17) is 0 Å². The smallest absolute Gasteiger partial charge is 0.243 e. The van der Waals surface area contributed by atoms with Crippen molar-refractivity contribution in [3.63, 3.8) is 0 Å². The van der Waals surface area contributed by atoms with Crippen molar-refractivity contribution < 1.29 is 38.4 Å². The van der Waals surface area contributed by atoms with Crippen molar-refractivity contribution >= 4 is 58.0 Å². The van der Waals surface area contributed by atoms with Gasteiger partial charge in [0.05, 0.1) is 32.6 Å². The molecule has 2 aromatic carbocycles. The minimum atomic E-state index is -1.37. The zero-order valence-electron chi connectivity index (χ0n) is 26.7. The zero-order valence-corrected chi connectivity index (χ0v) is 26.7. The Hall–Kier alpha value is -5.54. The van der Waals surface area contributed by atoms with Gasteiger partial charge in [-0.1, -0.05) is 42.5 Å². The van der Waals surface area contributed by atoms with E-state index in [1.54, 1.807) is 6.07 Å². The molecular formula is C32H42N8O8. The molecule has 8 amide bonds. The number of hydrogen-bond donors (Lipinski definition) is 8. The van der Waals surface area contributed by atoms with Gasteiger partial charge in [0.25, 0.3) is 0 Å². The number of amides is 8. The molecule has 0 saturated carbocycles. The fourth-order valence-corrected chi connectivity index (χ4v) is 4.83. The first-order valence-electron chi connectivity index (χ1n) is 15.7. The molecule has 0 aromatic heterocycles. The van der Waals surface area contributed by atoms with E-state index in [1.165, 1.54) is 6.92 Å². The molecule has 3 rings (SSSR count). The molecule has 1 heterocycles. The molecule has 1 aliphatic heterocycles. The second-order valence-electron chi connectivity index (χ2n) is 11.2. The number of carbonyl (C=O) groups excluding carboxylic acids is 8. The molecule has 2 atom stereocenters. The summed E-state index contributed by atoms with van der Waals surface area (Å²) in [7, 11) is 0. The Labute approximate surface area is 277 Å². The van der Waals surface area contributed by atoms with E-state index < -0.39 is 85.4 Å². The number of hydrogen-bond acceptors (Lipinski definition) is 8. The third kappa shape index (κ3) is 13.1. The van der Waals surface area contributed by atoms with Gasteiger partial charge in [0.1, 0.15) is 12.1 Å².